The lowest BCUT2D eigenvalue weighted by Crippen LogP contribution is -2.40. The van der Waals surface area contributed by atoms with Crippen LogP contribution in [0, 0.1) is 5.92 Å². The van der Waals surface area contributed by atoms with Crippen LogP contribution in [0.1, 0.15) is 12.8 Å². The summed E-state index contributed by atoms with van der Waals surface area (Å²) in [6.45, 7) is 0.891. The highest BCUT2D eigenvalue weighted by Crippen LogP contribution is 2.18. The number of likely N-dealkylation sites (tertiary alicyclic amines) is 1. The molecule has 0 radical (unpaired) electrons. The van der Waals surface area contributed by atoms with Gasteiger partial charge in [-0.15, -0.1) is 0 Å². The zero-order chi connectivity index (χ0) is 12.9. The summed E-state index contributed by atoms with van der Waals surface area (Å²) in [6.07, 6.45) is -2.48. The van der Waals surface area contributed by atoms with E-state index in [-0.39, 0.29) is 6.54 Å². The molecule has 0 bridgehead atoms. The Kier molecular flexibility index (Phi) is 5.20. The average molecular weight is 253 g/mol. The number of halogens is 3. The lowest BCUT2D eigenvalue weighted by molar-refractivity contribution is -0.138. The summed E-state index contributed by atoms with van der Waals surface area (Å²) in [5, 5.41) is 1.87. The van der Waals surface area contributed by atoms with E-state index in [9.17, 15) is 18.0 Å². The third kappa shape index (κ3) is 5.88. The molecule has 0 aromatic rings. The van der Waals surface area contributed by atoms with Gasteiger partial charge in [-0.25, -0.2) is 0 Å². The van der Waals surface area contributed by atoms with Gasteiger partial charge in [0.2, 0.25) is 5.91 Å². The average Bonchev–Trinajstić information content (AvgIpc) is 2.62. The number of rotatable bonds is 5. The number of hydrogen-bond acceptors (Lipinski definition) is 3. The van der Waals surface area contributed by atoms with Gasteiger partial charge < -0.3 is 11.1 Å². The number of nitrogens with two attached hydrogens (primary N) is 1. The van der Waals surface area contributed by atoms with E-state index < -0.39 is 18.6 Å². The maximum Gasteiger partial charge on any atom is 0.405 e. The fourth-order valence-corrected chi connectivity index (χ4v) is 1.99. The zero-order valence-corrected chi connectivity index (χ0v) is 9.59. The SMILES string of the molecule is NCCC1CCN(CC(=O)NCC(F)(F)F)C1. The third-order valence-electron chi connectivity index (χ3n) is 2.80. The Labute approximate surface area is 98.3 Å². The van der Waals surface area contributed by atoms with Gasteiger partial charge in [-0.05, 0) is 31.8 Å². The normalized spacial score (nSPS) is 21.8. The van der Waals surface area contributed by atoms with Crippen molar-refractivity contribution >= 4 is 5.91 Å². The van der Waals surface area contributed by atoms with E-state index in [2.05, 4.69) is 0 Å². The Morgan fingerprint density at radius 3 is 2.76 bits per heavy atom. The Bertz CT molecular complexity index is 258. The molecule has 1 heterocycles. The smallest absolute Gasteiger partial charge is 0.346 e. The summed E-state index contributed by atoms with van der Waals surface area (Å²) in [6, 6.07) is 0. The summed E-state index contributed by atoms with van der Waals surface area (Å²) >= 11 is 0. The first-order valence-electron chi connectivity index (χ1n) is 5.66. The summed E-state index contributed by atoms with van der Waals surface area (Å²) in [5.74, 6) is -0.105. The summed E-state index contributed by atoms with van der Waals surface area (Å²) in [4.78, 5) is 13.1. The Hall–Kier alpha value is -0.820. The summed E-state index contributed by atoms with van der Waals surface area (Å²) in [7, 11) is 0. The van der Waals surface area contributed by atoms with Crippen LogP contribution in [0.15, 0.2) is 0 Å². The minimum atomic E-state index is -4.34. The molecule has 100 valence electrons. The van der Waals surface area contributed by atoms with Crippen molar-refractivity contribution in [3.63, 3.8) is 0 Å². The first kappa shape index (κ1) is 14.2. The summed E-state index contributed by atoms with van der Waals surface area (Å²) < 4.78 is 35.5. The molecule has 17 heavy (non-hydrogen) atoms. The van der Waals surface area contributed by atoms with Crippen LogP contribution in [0.25, 0.3) is 0 Å². The number of nitrogens with zero attached hydrogens (tertiary/aromatic N) is 1. The van der Waals surface area contributed by atoms with Crippen LogP contribution in [0.5, 0.6) is 0 Å². The molecule has 1 rings (SSSR count). The molecule has 1 amide bonds. The van der Waals surface area contributed by atoms with Crippen molar-refractivity contribution in [2.75, 3.05) is 32.7 Å². The van der Waals surface area contributed by atoms with E-state index in [1.165, 1.54) is 0 Å². The molecule has 0 aliphatic carbocycles. The molecular weight excluding hydrogens is 235 g/mol. The van der Waals surface area contributed by atoms with Crippen molar-refractivity contribution in [2.45, 2.75) is 19.0 Å². The van der Waals surface area contributed by atoms with Gasteiger partial charge >= 0.3 is 6.18 Å². The Morgan fingerprint density at radius 2 is 2.18 bits per heavy atom. The van der Waals surface area contributed by atoms with Crippen LogP contribution in [0.4, 0.5) is 13.2 Å². The molecule has 7 heteroatoms. The van der Waals surface area contributed by atoms with Gasteiger partial charge in [-0.3, -0.25) is 9.69 Å². The molecule has 1 saturated heterocycles. The van der Waals surface area contributed by atoms with Gasteiger partial charge in [0.1, 0.15) is 6.54 Å². The van der Waals surface area contributed by atoms with E-state index in [1.54, 1.807) is 0 Å². The second-order valence-corrected chi connectivity index (χ2v) is 4.36. The lowest BCUT2D eigenvalue weighted by atomic mass is 10.1. The van der Waals surface area contributed by atoms with Gasteiger partial charge in [-0.1, -0.05) is 0 Å². The second-order valence-electron chi connectivity index (χ2n) is 4.36. The van der Waals surface area contributed by atoms with Crippen molar-refractivity contribution in [3.05, 3.63) is 0 Å². The number of amides is 1. The Morgan fingerprint density at radius 1 is 1.47 bits per heavy atom. The van der Waals surface area contributed by atoms with Gasteiger partial charge in [0.15, 0.2) is 0 Å². The van der Waals surface area contributed by atoms with Gasteiger partial charge in [-0.2, -0.15) is 13.2 Å². The fourth-order valence-electron chi connectivity index (χ4n) is 1.99. The van der Waals surface area contributed by atoms with Gasteiger partial charge in [0.05, 0.1) is 6.54 Å². The molecular formula is C10H18F3N3O. The maximum absolute atomic E-state index is 11.8. The monoisotopic (exact) mass is 253 g/mol. The molecule has 0 spiro atoms. The van der Waals surface area contributed by atoms with Gasteiger partial charge in [0, 0.05) is 6.54 Å². The standard InChI is InChI=1S/C10H18F3N3O/c11-10(12,13)7-15-9(17)6-16-4-2-8(5-16)1-3-14/h8H,1-7,14H2,(H,15,17). The molecule has 4 nitrogen and oxygen atoms in total. The number of carbonyl (C=O) groups excluding carboxylic acids is 1. The third-order valence-corrected chi connectivity index (χ3v) is 2.80. The number of nitrogens with one attached hydrogen (secondary N) is 1. The predicted molar refractivity (Wildman–Crippen MR) is 57.3 cm³/mol. The minimum Gasteiger partial charge on any atom is -0.346 e. The van der Waals surface area contributed by atoms with E-state index >= 15 is 0 Å². The first-order valence-corrected chi connectivity index (χ1v) is 5.66. The summed E-state index contributed by atoms with van der Waals surface area (Å²) in [5.41, 5.74) is 5.43. The lowest BCUT2D eigenvalue weighted by Gasteiger charge is -2.16. The second kappa shape index (κ2) is 6.20. The van der Waals surface area contributed by atoms with Crippen LogP contribution in [0.3, 0.4) is 0 Å². The van der Waals surface area contributed by atoms with E-state index in [1.807, 2.05) is 10.2 Å². The number of hydrogen-bond donors (Lipinski definition) is 2. The highest BCUT2D eigenvalue weighted by atomic mass is 19.4. The van der Waals surface area contributed by atoms with Crippen LogP contribution in [-0.2, 0) is 4.79 Å². The highest BCUT2D eigenvalue weighted by molar-refractivity contribution is 5.78. The molecule has 1 aliphatic heterocycles. The first-order chi connectivity index (χ1) is 7.90. The molecule has 0 saturated carbocycles. The van der Waals surface area contributed by atoms with Crippen LogP contribution < -0.4 is 11.1 Å². The minimum absolute atomic E-state index is 0.0388. The molecule has 0 aromatic heterocycles. The number of alkyl halides is 3. The number of carbonyl (C=O) groups is 1. The van der Waals surface area contributed by atoms with Crippen molar-refractivity contribution in [1.29, 1.82) is 0 Å². The van der Waals surface area contributed by atoms with Crippen molar-refractivity contribution < 1.29 is 18.0 Å². The van der Waals surface area contributed by atoms with Gasteiger partial charge in [0.25, 0.3) is 0 Å². The maximum atomic E-state index is 11.8. The van der Waals surface area contributed by atoms with Crippen molar-refractivity contribution in [1.82, 2.24) is 10.2 Å². The van der Waals surface area contributed by atoms with E-state index in [0.29, 0.717) is 12.5 Å². The fraction of sp³-hybridized carbons (Fsp3) is 0.900. The molecule has 1 unspecified atom stereocenters. The van der Waals surface area contributed by atoms with Crippen LogP contribution >= 0.6 is 0 Å². The molecule has 3 N–H and O–H groups in total. The molecule has 1 atom stereocenters. The zero-order valence-electron chi connectivity index (χ0n) is 9.59. The van der Waals surface area contributed by atoms with E-state index in [4.69, 9.17) is 5.73 Å². The van der Waals surface area contributed by atoms with Crippen LogP contribution in [-0.4, -0.2) is 49.7 Å². The molecule has 0 aromatic carbocycles. The van der Waals surface area contributed by atoms with E-state index in [0.717, 1.165) is 25.9 Å². The van der Waals surface area contributed by atoms with Crippen LogP contribution in [0.2, 0.25) is 0 Å². The Balaban J connectivity index is 2.19. The highest BCUT2D eigenvalue weighted by Gasteiger charge is 2.29. The largest absolute Gasteiger partial charge is 0.405 e. The quantitative estimate of drug-likeness (QED) is 0.742. The van der Waals surface area contributed by atoms with Crippen molar-refractivity contribution in [2.24, 2.45) is 11.7 Å². The van der Waals surface area contributed by atoms with Crippen molar-refractivity contribution in [3.8, 4) is 0 Å². The topological polar surface area (TPSA) is 58.4 Å². The molecule has 1 aliphatic rings. The molecule has 1 fully saturated rings. The predicted octanol–water partition coefficient (Wildman–Crippen LogP) is 0.336.